The second kappa shape index (κ2) is 9.52. The normalized spacial score (nSPS) is 32.2. The predicted molar refractivity (Wildman–Crippen MR) is 125 cm³/mol. The molecule has 8 nitrogen and oxygen atoms in total. The number of likely N-dealkylation sites (tertiary alicyclic amines) is 1. The van der Waals surface area contributed by atoms with Crippen molar-refractivity contribution in [2.45, 2.75) is 55.7 Å². The number of unbranched alkanes of at least 4 members (excludes halogenated alkanes) is 1. The standard InChI is InChI=1S/C23H28BrClN2O6/c1-3-32-22(31)15-16-21(30)27(9-4-5-10-28)19(23(16)11-13(24)18(15)33-23)20(29)26-17-12(2)7-6-8-14(17)25/h6-8,13,15-16,18-19,28H,3-5,9-11H2,1-2H3,(H,26,29)/t13?,15-,16+,18-,19-,23+/m0/s1. The maximum Gasteiger partial charge on any atom is 0.312 e. The highest BCUT2D eigenvalue weighted by Gasteiger charge is 2.76. The number of para-hydroxylation sites is 1. The van der Waals surface area contributed by atoms with E-state index in [9.17, 15) is 19.5 Å². The Hall–Kier alpha value is -1.68. The van der Waals surface area contributed by atoms with Crippen molar-refractivity contribution in [3.05, 3.63) is 28.8 Å². The van der Waals surface area contributed by atoms with Crippen LogP contribution in [0.15, 0.2) is 18.2 Å². The molecule has 3 aliphatic heterocycles. The average Bonchev–Trinajstić information content (AvgIpc) is 3.35. The first-order valence-corrected chi connectivity index (χ1v) is 12.5. The second-order valence-electron chi connectivity index (χ2n) is 8.80. The Morgan fingerprint density at radius 2 is 2.15 bits per heavy atom. The third-order valence-electron chi connectivity index (χ3n) is 6.87. The second-order valence-corrected chi connectivity index (χ2v) is 10.4. The number of benzene rings is 1. The van der Waals surface area contributed by atoms with E-state index in [-0.39, 0.29) is 30.5 Å². The Morgan fingerprint density at radius 3 is 2.82 bits per heavy atom. The summed E-state index contributed by atoms with van der Waals surface area (Å²) in [6.45, 7) is 4.00. The van der Waals surface area contributed by atoms with Gasteiger partial charge in [0.05, 0.1) is 35.3 Å². The third kappa shape index (κ3) is 3.96. The van der Waals surface area contributed by atoms with Crippen LogP contribution in [0.2, 0.25) is 5.02 Å². The Morgan fingerprint density at radius 1 is 1.39 bits per heavy atom. The number of aliphatic hydroxyl groups excluding tert-OH is 1. The van der Waals surface area contributed by atoms with Crippen LogP contribution in [0.3, 0.4) is 0 Å². The van der Waals surface area contributed by atoms with E-state index in [4.69, 9.17) is 21.1 Å². The number of esters is 1. The van der Waals surface area contributed by atoms with Crippen molar-refractivity contribution in [1.82, 2.24) is 4.90 Å². The Labute approximate surface area is 206 Å². The number of halogens is 2. The fourth-order valence-corrected chi connectivity index (χ4v) is 6.77. The minimum Gasteiger partial charge on any atom is -0.466 e. The molecule has 3 fully saturated rings. The summed E-state index contributed by atoms with van der Waals surface area (Å²) in [6, 6.07) is 4.38. The highest BCUT2D eigenvalue weighted by Crippen LogP contribution is 2.60. The Kier molecular flexibility index (Phi) is 7.05. The minimum absolute atomic E-state index is 0.0141. The summed E-state index contributed by atoms with van der Waals surface area (Å²) in [6.07, 6.45) is 0.881. The molecule has 4 rings (SSSR count). The first-order valence-electron chi connectivity index (χ1n) is 11.2. The van der Waals surface area contributed by atoms with Gasteiger partial charge in [0.15, 0.2) is 0 Å². The molecule has 33 heavy (non-hydrogen) atoms. The highest BCUT2D eigenvalue weighted by atomic mass is 79.9. The van der Waals surface area contributed by atoms with E-state index >= 15 is 0 Å². The van der Waals surface area contributed by atoms with Crippen LogP contribution in [0.1, 0.15) is 31.7 Å². The van der Waals surface area contributed by atoms with Gasteiger partial charge in [-0.1, -0.05) is 39.7 Å². The number of aryl methyl sites for hydroxylation is 1. The summed E-state index contributed by atoms with van der Waals surface area (Å²) < 4.78 is 11.6. The molecule has 1 aromatic carbocycles. The van der Waals surface area contributed by atoms with Crippen molar-refractivity contribution in [1.29, 1.82) is 0 Å². The molecule has 0 aromatic heterocycles. The van der Waals surface area contributed by atoms with Crippen LogP contribution in [-0.4, -0.2) is 70.1 Å². The molecule has 2 bridgehead atoms. The zero-order chi connectivity index (χ0) is 23.9. The topological polar surface area (TPSA) is 105 Å². The predicted octanol–water partition coefficient (Wildman–Crippen LogP) is 2.67. The summed E-state index contributed by atoms with van der Waals surface area (Å²) >= 11 is 9.94. The molecule has 0 aliphatic carbocycles. The molecule has 6 atom stereocenters. The fourth-order valence-electron chi connectivity index (χ4n) is 5.55. The summed E-state index contributed by atoms with van der Waals surface area (Å²) in [5.74, 6) is -2.76. The van der Waals surface area contributed by atoms with Gasteiger partial charge in [0.25, 0.3) is 0 Å². The molecule has 3 aliphatic rings. The SMILES string of the molecule is CCOC(=O)[C@@H]1[C@H]2O[C@@]3(CC2Br)[C@H](C(=O)Nc2c(C)cccc2Cl)N(CCCCO)C(=O)[C@@H]13. The van der Waals surface area contributed by atoms with Crippen LogP contribution in [0.5, 0.6) is 0 Å². The molecule has 180 valence electrons. The number of rotatable bonds is 8. The number of fused-ring (bicyclic) bond motifs is 1. The molecule has 1 spiro atoms. The number of nitrogens with one attached hydrogen (secondary N) is 1. The van der Waals surface area contributed by atoms with Crippen molar-refractivity contribution < 1.29 is 29.0 Å². The van der Waals surface area contributed by atoms with Crippen LogP contribution in [0.4, 0.5) is 5.69 Å². The van der Waals surface area contributed by atoms with Gasteiger partial charge in [-0.25, -0.2) is 0 Å². The van der Waals surface area contributed by atoms with Gasteiger partial charge >= 0.3 is 5.97 Å². The number of amides is 2. The van der Waals surface area contributed by atoms with E-state index in [1.807, 2.05) is 13.0 Å². The van der Waals surface area contributed by atoms with E-state index in [0.717, 1.165) is 5.56 Å². The number of hydrogen-bond donors (Lipinski definition) is 2. The van der Waals surface area contributed by atoms with E-state index in [0.29, 0.717) is 30.0 Å². The third-order valence-corrected chi connectivity index (χ3v) is 8.03. The lowest BCUT2D eigenvalue weighted by molar-refractivity contribution is -0.154. The zero-order valence-electron chi connectivity index (χ0n) is 18.6. The number of hydrogen-bond acceptors (Lipinski definition) is 6. The Balaban J connectivity index is 1.72. The van der Waals surface area contributed by atoms with Gasteiger partial charge in [-0.05, 0) is 44.7 Å². The summed E-state index contributed by atoms with van der Waals surface area (Å²) in [5.41, 5.74) is 0.128. The minimum atomic E-state index is -1.15. The molecule has 10 heteroatoms. The number of alkyl halides is 1. The van der Waals surface area contributed by atoms with Crippen LogP contribution in [0, 0.1) is 18.8 Å². The van der Waals surface area contributed by atoms with Crippen molar-refractivity contribution >= 4 is 51.0 Å². The lowest BCUT2D eigenvalue weighted by atomic mass is 9.70. The molecular formula is C23H28BrClN2O6. The smallest absolute Gasteiger partial charge is 0.312 e. The fraction of sp³-hybridized carbons (Fsp3) is 0.609. The molecular weight excluding hydrogens is 516 g/mol. The number of anilines is 1. The number of nitrogens with zero attached hydrogens (tertiary/aromatic N) is 1. The van der Waals surface area contributed by atoms with Crippen molar-refractivity contribution in [2.75, 3.05) is 25.1 Å². The number of ether oxygens (including phenoxy) is 2. The molecule has 3 saturated heterocycles. The van der Waals surface area contributed by atoms with Gasteiger partial charge in [0.1, 0.15) is 11.6 Å². The van der Waals surface area contributed by atoms with Gasteiger partial charge in [0, 0.05) is 18.0 Å². The van der Waals surface area contributed by atoms with E-state index in [1.54, 1.807) is 19.1 Å². The van der Waals surface area contributed by atoms with Gasteiger partial charge in [-0.15, -0.1) is 0 Å². The average molecular weight is 544 g/mol. The molecule has 0 radical (unpaired) electrons. The van der Waals surface area contributed by atoms with Gasteiger partial charge in [0.2, 0.25) is 11.8 Å². The van der Waals surface area contributed by atoms with Gasteiger partial charge in [-0.2, -0.15) is 0 Å². The molecule has 0 saturated carbocycles. The van der Waals surface area contributed by atoms with E-state index in [1.165, 1.54) is 4.90 Å². The van der Waals surface area contributed by atoms with Gasteiger partial charge in [-0.3, -0.25) is 14.4 Å². The molecule has 2 amide bonds. The van der Waals surface area contributed by atoms with Crippen molar-refractivity contribution in [2.24, 2.45) is 11.8 Å². The lowest BCUT2D eigenvalue weighted by Crippen LogP contribution is -2.54. The van der Waals surface area contributed by atoms with Crippen LogP contribution < -0.4 is 5.32 Å². The van der Waals surface area contributed by atoms with E-state index < -0.39 is 41.5 Å². The van der Waals surface area contributed by atoms with Crippen molar-refractivity contribution in [3.8, 4) is 0 Å². The first kappa shape index (κ1) is 24.4. The van der Waals surface area contributed by atoms with Crippen LogP contribution in [-0.2, 0) is 23.9 Å². The lowest BCUT2D eigenvalue weighted by Gasteiger charge is -2.34. The monoisotopic (exact) mass is 542 g/mol. The molecule has 2 N–H and O–H groups in total. The summed E-state index contributed by atoms with van der Waals surface area (Å²) in [4.78, 5) is 41.5. The highest BCUT2D eigenvalue weighted by molar-refractivity contribution is 9.09. The Bertz CT molecular complexity index is 941. The van der Waals surface area contributed by atoms with E-state index in [2.05, 4.69) is 21.2 Å². The maximum absolute atomic E-state index is 13.7. The number of carbonyl (C=O) groups is 3. The summed E-state index contributed by atoms with van der Waals surface area (Å²) in [7, 11) is 0. The molecule has 1 aromatic rings. The maximum atomic E-state index is 13.7. The largest absolute Gasteiger partial charge is 0.466 e. The summed E-state index contributed by atoms with van der Waals surface area (Å²) in [5, 5.41) is 12.5. The molecule has 1 unspecified atom stereocenters. The zero-order valence-corrected chi connectivity index (χ0v) is 20.9. The first-order chi connectivity index (χ1) is 15.8. The quantitative estimate of drug-likeness (QED) is 0.297. The molecule has 3 heterocycles. The van der Waals surface area contributed by atoms with Crippen LogP contribution >= 0.6 is 27.5 Å². The number of carbonyl (C=O) groups excluding carboxylic acids is 3. The van der Waals surface area contributed by atoms with Crippen molar-refractivity contribution in [3.63, 3.8) is 0 Å². The van der Waals surface area contributed by atoms with Gasteiger partial charge < -0.3 is 24.8 Å². The number of aliphatic hydroxyl groups is 1. The van der Waals surface area contributed by atoms with Crippen LogP contribution in [0.25, 0.3) is 0 Å².